The number of fused-ring (bicyclic) bond motifs is 2. The Morgan fingerprint density at radius 1 is 0.929 bits per heavy atom. The van der Waals surface area contributed by atoms with E-state index in [1.807, 2.05) is 68.8 Å². The monoisotopic (exact) mass is 564 g/mol. The summed E-state index contributed by atoms with van der Waals surface area (Å²) in [6, 6.07) is 21.7. The highest BCUT2D eigenvalue weighted by Gasteiger charge is 2.44. The van der Waals surface area contributed by atoms with E-state index in [4.69, 9.17) is 19.0 Å². The summed E-state index contributed by atoms with van der Waals surface area (Å²) in [6.45, 7) is 1.21. The van der Waals surface area contributed by atoms with Gasteiger partial charge in [-0.25, -0.2) is 4.68 Å². The molecule has 9 heteroatoms. The quantitative estimate of drug-likeness (QED) is 0.244. The number of carbonyl (C=O) groups excluding carboxylic acids is 1. The van der Waals surface area contributed by atoms with Gasteiger partial charge in [-0.1, -0.05) is 30.3 Å². The van der Waals surface area contributed by atoms with Gasteiger partial charge in [-0.15, -0.1) is 0 Å². The Balaban J connectivity index is 1.60. The van der Waals surface area contributed by atoms with Crippen molar-refractivity contribution in [2.75, 3.05) is 41.4 Å². The molecule has 0 saturated heterocycles. The van der Waals surface area contributed by atoms with Crippen molar-refractivity contribution >= 4 is 16.9 Å². The van der Waals surface area contributed by atoms with E-state index in [1.54, 1.807) is 48.1 Å². The summed E-state index contributed by atoms with van der Waals surface area (Å²) in [5.74, 6) is 0.914. The zero-order chi connectivity index (χ0) is 29.4. The van der Waals surface area contributed by atoms with Gasteiger partial charge in [0, 0.05) is 23.9 Å². The molecule has 1 aliphatic heterocycles. The standard InChI is InChI=1S/C33H32N4O5/c1-35(2)17-10-18-36-30(28-31(38)23-13-8-9-14-25(23)42-32(28)33(36)39)24-20-37(22-11-6-5-7-12-22)34-29(24)21-15-16-26(40-3)27(19-21)41-4/h5-9,11-16,19-20,30H,10,17-18H2,1-4H3. The molecule has 214 valence electrons. The molecule has 9 nitrogen and oxygen atoms in total. The van der Waals surface area contributed by atoms with Crippen molar-refractivity contribution in [3.05, 3.63) is 106 Å². The van der Waals surface area contributed by atoms with Crippen molar-refractivity contribution in [2.24, 2.45) is 0 Å². The maximum atomic E-state index is 14.1. The molecule has 0 fully saturated rings. The highest BCUT2D eigenvalue weighted by Crippen LogP contribution is 2.43. The van der Waals surface area contributed by atoms with Crippen LogP contribution >= 0.6 is 0 Å². The molecule has 0 aliphatic carbocycles. The number of amides is 1. The fourth-order valence-electron chi connectivity index (χ4n) is 5.59. The molecule has 0 saturated carbocycles. The van der Waals surface area contributed by atoms with Crippen molar-refractivity contribution in [1.29, 1.82) is 0 Å². The van der Waals surface area contributed by atoms with E-state index in [-0.39, 0.29) is 17.1 Å². The fourth-order valence-corrected chi connectivity index (χ4v) is 5.59. The molecule has 1 unspecified atom stereocenters. The second-order valence-corrected chi connectivity index (χ2v) is 10.5. The zero-order valence-corrected chi connectivity index (χ0v) is 24.0. The second-order valence-electron chi connectivity index (χ2n) is 10.5. The summed E-state index contributed by atoms with van der Waals surface area (Å²) >= 11 is 0. The van der Waals surface area contributed by atoms with E-state index < -0.39 is 6.04 Å². The minimum Gasteiger partial charge on any atom is -0.493 e. The number of aromatic nitrogens is 2. The lowest BCUT2D eigenvalue weighted by Crippen LogP contribution is -2.32. The van der Waals surface area contributed by atoms with Crippen LogP contribution in [0.1, 0.15) is 34.1 Å². The van der Waals surface area contributed by atoms with Crippen LogP contribution in [0, 0.1) is 0 Å². The average molecular weight is 565 g/mol. The van der Waals surface area contributed by atoms with Crippen molar-refractivity contribution in [1.82, 2.24) is 19.6 Å². The number of hydrogen-bond acceptors (Lipinski definition) is 7. The number of benzene rings is 3. The van der Waals surface area contributed by atoms with Crippen molar-refractivity contribution in [3.63, 3.8) is 0 Å². The Labute approximate surface area is 243 Å². The van der Waals surface area contributed by atoms with E-state index in [2.05, 4.69) is 4.90 Å². The Bertz CT molecular complexity index is 1830. The van der Waals surface area contributed by atoms with Gasteiger partial charge in [-0.2, -0.15) is 5.10 Å². The minimum atomic E-state index is -0.698. The Kier molecular flexibility index (Phi) is 7.26. The number of nitrogens with zero attached hydrogens (tertiary/aromatic N) is 4. The van der Waals surface area contributed by atoms with Gasteiger partial charge in [-0.05, 0) is 69.5 Å². The SMILES string of the molecule is COc1ccc(-c2nn(-c3ccccc3)cc2C2c3c(oc4ccccc4c3=O)C(=O)N2CCCN(C)C)cc1OC. The Hall–Kier alpha value is -4.89. The molecule has 3 heterocycles. The first-order valence-corrected chi connectivity index (χ1v) is 13.8. The highest BCUT2D eigenvalue weighted by atomic mass is 16.5. The molecule has 1 atom stereocenters. The highest BCUT2D eigenvalue weighted by molar-refractivity contribution is 5.99. The van der Waals surface area contributed by atoms with E-state index in [9.17, 15) is 9.59 Å². The summed E-state index contributed by atoms with van der Waals surface area (Å²) < 4.78 is 19.0. The van der Waals surface area contributed by atoms with Gasteiger partial charge in [0.05, 0.1) is 42.6 Å². The molecule has 0 N–H and O–H groups in total. The molecule has 1 aliphatic rings. The van der Waals surface area contributed by atoms with Gasteiger partial charge in [0.15, 0.2) is 16.9 Å². The van der Waals surface area contributed by atoms with Gasteiger partial charge in [0.25, 0.3) is 5.91 Å². The van der Waals surface area contributed by atoms with Crippen LogP contribution in [0.5, 0.6) is 11.5 Å². The first kappa shape index (κ1) is 27.3. The van der Waals surface area contributed by atoms with Crippen LogP contribution in [0.3, 0.4) is 0 Å². The average Bonchev–Trinajstić information content (AvgIpc) is 3.57. The molecule has 2 aromatic heterocycles. The van der Waals surface area contributed by atoms with Crippen LogP contribution in [0.25, 0.3) is 27.9 Å². The molecular formula is C33H32N4O5. The van der Waals surface area contributed by atoms with Gasteiger partial charge in [0.1, 0.15) is 5.58 Å². The molecular weight excluding hydrogens is 532 g/mol. The Morgan fingerprint density at radius 2 is 1.67 bits per heavy atom. The summed E-state index contributed by atoms with van der Waals surface area (Å²) in [5.41, 5.74) is 3.45. The molecule has 0 spiro atoms. The molecule has 42 heavy (non-hydrogen) atoms. The molecule has 0 radical (unpaired) electrons. The predicted molar refractivity (Wildman–Crippen MR) is 161 cm³/mol. The first-order valence-electron chi connectivity index (χ1n) is 13.8. The van der Waals surface area contributed by atoms with Gasteiger partial charge < -0.3 is 23.7 Å². The maximum absolute atomic E-state index is 14.1. The number of rotatable bonds is 9. The van der Waals surface area contributed by atoms with Crippen LogP contribution in [0.15, 0.2) is 88.2 Å². The second kappa shape index (κ2) is 11.2. The third kappa shape index (κ3) is 4.71. The fraction of sp³-hybridized carbons (Fsp3) is 0.242. The van der Waals surface area contributed by atoms with E-state index >= 15 is 0 Å². The third-order valence-corrected chi connectivity index (χ3v) is 7.59. The molecule has 0 bridgehead atoms. The first-order chi connectivity index (χ1) is 20.4. The normalized spacial score (nSPS) is 14.5. The summed E-state index contributed by atoms with van der Waals surface area (Å²) in [4.78, 5) is 31.9. The van der Waals surface area contributed by atoms with Gasteiger partial charge in [-0.3, -0.25) is 9.59 Å². The molecule has 5 aromatic rings. The summed E-state index contributed by atoms with van der Waals surface area (Å²) in [5, 5.41) is 5.44. The van der Waals surface area contributed by atoms with Crippen molar-refractivity contribution < 1.29 is 18.7 Å². The number of ether oxygens (including phenoxy) is 2. The van der Waals surface area contributed by atoms with Crippen molar-refractivity contribution in [2.45, 2.75) is 12.5 Å². The van der Waals surface area contributed by atoms with Gasteiger partial charge in [0.2, 0.25) is 5.76 Å². The van der Waals surface area contributed by atoms with E-state index in [0.29, 0.717) is 45.8 Å². The molecule has 6 rings (SSSR count). The van der Waals surface area contributed by atoms with Crippen LogP contribution in [-0.2, 0) is 0 Å². The summed E-state index contributed by atoms with van der Waals surface area (Å²) in [7, 11) is 7.16. The van der Waals surface area contributed by atoms with Gasteiger partial charge >= 0.3 is 0 Å². The number of methoxy groups -OCH3 is 2. The topological polar surface area (TPSA) is 90.0 Å². The lowest BCUT2D eigenvalue weighted by molar-refractivity contribution is 0.0722. The number of hydrogen-bond donors (Lipinski definition) is 0. The van der Waals surface area contributed by atoms with Crippen LogP contribution in [0.4, 0.5) is 0 Å². The minimum absolute atomic E-state index is 0.0827. The lowest BCUT2D eigenvalue weighted by Gasteiger charge is -2.25. The number of carbonyl (C=O) groups is 1. The molecule has 3 aromatic carbocycles. The van der Waals surface area contributed by atoms with Crippen molar-refractivity contribution in [3.8, 4) is 28.4 Å². The van der Waals surface area contributed by atoms with Crippen LogP contribution in [0.2, 0.25) is 0 Å². The molecule has 1 amide bonds. The lowest BCUT2D eigenvalue weighted by atomic mass is 9.96. The smallest absolute Gasteiger partial charge is 0.290 e. The predicted octanol–water partition coefficient (Wildman–Crippen LogP) is 5.16. The zero-order valence-electron chi connectivity index (χ0n) is 24.0. The van der Waals surface area contributed by atoms with E-state index in [0.717, 1.165) is 24.2 Å². The maximum Gasteiger partial charge on any atom is 0.290 e. The van der Waals surface area contributed by atoms with Crippen LogP contribution < -0.4 is 14.9 Å². The Morgan fingerprint density at radius 3 is 2.40 bits per heavy atom. The number of para-hydroxylation sites is 2. The van der Waals surface area contributed by atoms with E-state index in [1.165, 1.54) is 0 Å². The largest absolute Gasteiger partial charge is 0.493 e. The summed E-state index contributed by atoms with van der Waals surface area (Å²) in [6.07, 6.45) is 2.62. The van der Waals surface area contributed by atoms with Crippen LogP contribution in [-0.4, -0.2) is 66.9 Å². The third-order valence-electron chi connectivity index (χ3n) is 7.59.